The summed E-state index contributed by atoms with van der Waals surface area (Å²) >= 11 is 1.55. The lowest BCUT2D eigenvalue weighted by Crippen LogP contribution is -2.48. The summed E-state index contributed by atoms with van der Waals surface area (Å²) in [5.41, 5.74) is 0.894. The van der Waals surface area contributed by atoms with Crippen molar-refractivity contribution in [2.45, 2.75) is 19.4 Å². The van der Waals surface area contributed by atoms with Crippen LogP contribution in [0.15, 0.2) is 40.2 Å². The van der Waals surface area contributed by atoms with Gasteiger partial charge in [0.25, 0.3) is 0 Å². The minimum atomic E-state index is -0.355. The smallest absolute Gasteiger partial charge is 0.227 e. The molecule has 0 unspecified atom stereocenters. The first-order valence-electron chi connectivity index (χ1n) is 9.81. The van der Waals surface area contributed by atoms with Crippen LogP contribution in [0.1, 0.15) is 17.9 Å². The van der Waals surface area contributed by atoms with Gasteiger partial charge in [0.1, 0.15) is 0 Å². The van der Waals surface area contributed by atoms with Gasteiger partial charge in [0.15, 0.2) is 11.6 Å². The standard InChI is InChI=1S/C21H23FN4O3S/c1-28-17-5-4-15(13-16(17)22)14-25-8-10-26(11-9-25)20(27)7-6-19-23-21(24-29-19)18-3-2-12-30-18/h2-5,12-13H,6-11,14H2,1H3. The van der Waals surface area contributed by atoms with E-state index in [4.69, 9.17) is 9.26 Å². The maximum atomic E-state index is 13.9. The molecule has 2 aromatic heterocycles. The lowest BCUT2D eigenvalue weighted by Gasteiger charge is -2.34. The van der Waals surface area contributed by atoms with E-state index >= 15 is 0 Å². The van der Waals surface area contributed by atoms with E-state index in [-0.39, 0.29) is 17.5 Å². The van der Waals surface area contributed by atoms with E-state index in [2.05, 4.69) is 15.0 Å². The number of aryl methyl sites for hydroxylation is 1. The molecule has 7 nitrogen and oxygen atoms in total. The SMILES string of the molecule is COc1ccc(CN2CCN(C(=O)CCc3nc(-c4cccs4)no3)CC2)cc1F. The second kappa shape index (κ2) is 9.36. The first-order chi connectivity index (χ1) is 14.6. The van der Waals surface area contributed by atoms with Crippen molar-refractivity contribution in [3.8, 4) is 16.5 Å². The summed E-state index contributed by atoms with van der Waals surface area (Å²) in [5.74, 6) is 1.02. The molecule has 1 amide bonds. The zero-order chi connectivity index (χ0) is 20.9. The molecular weight excluding hydrogens is 407 g/mol. The highest BCUT2D eigenvalue weighted by Gasteiger charge is 2.22. The molecule has 1 aliphatic rings. The summed E-state index contributed by atoms with van der Waals surface area (Å²) in [6, 6.07) is 8.89. The molecule has 158 valence electrons. The largest absolute Gasteiger partial charge is 0.494 e. The Hall–Kier alpha value is -2.78. The molecule has 0 bridgehead atoms. The minimum absolute atomic E-state index is 0.0843. The van der Waals surface area contributed by atoms with Crippen LogP contribution in [-0.4, -0.2) is 59.1 Å². The Morgan fingerprint density at radius 1 is 1.27 bits per heavy atom. The fourth-order valence-electron chi connectivity index (χ4n) is 3.46. The van der Waals surface area contributed by atoms with Gasteiger partial charge in [-0.1, -0.05) is 17.3 Å². The van der Waals surface area contributed by atoms with Gasteiger partial charge in [-0.25, -0.2) is 4.39 Å². The number of thiophene rings is 1. The maximum absolute atomic E-state index is 13.9. The van der Waals surface area contributed by atoms with E-state index in [0.717, 1.165) is 23.5 Å². The topological polar surface area (TPSA) is 71.7 Å². The van der Waals surface area contributed by atoms with E-state index in [0.29, 0.717) is 44.2 Å². The summed E-state index contributed by atoms with van der Waals surface area (Å²) in [4.78, 5) is 21.9. The quantitative estimate of drug-likeness (QED) is 0.573. The van der Waals surface area contributed by atoms with Crippen LogP contribution < -0.4 is 4.74 Å². The van der Waals surface area contributed by atoms with Crippen molar-refractivity contribution >= 4 is 17.2 Å². The highest BCUT2D eigenvalue weighted by atomic mass is 32.1. The van der Waals surface area contributed by atoms with Crippen LogP contribution in [0.2, 0.25) is 0 Å². The third-order valence-electron chi connectivity index (χ3n) is 5.11. The zero-order valence-corrected chi connectivity index (χ0v) is 17.5. The van der Waals surface area contributed by atoms with Crippen molar-refractivity contribution in [1.82, 2.24) is 19.9 Å². The molecule has 0 spiro atoms. The van der Waals surface area contributed by atoms with Gasteiger partial charge in [-0.2, -0.15) is 4.98 Å². The van der Waals surface area contributed by atoms with Crippen molar-refractivity contribution in [1.29, 1.82) is 0 Å². The molecule has 1 aliphatic heterocycles. The molecule has 1 fully saturated rings. The summed E-state index contributed by atoms with van der Waals surface area (Å²) < 4.78 is 24.1. The summed E-state index contributed by atoms with van der Waals surface area (Å²) in [5, 5.41) is 5.93. The number of carbonyl (C=O) groups is 1. The number of rotatable bonds is 7. The van der Waals surface area contributed by atoms with Crippen molar-refractivity contribution < 1.29 is 18.4 Å². The molecule has 4 rings (SSSR count). The Morgan fingerprint density at radius 3 is 2.80 bits per heavy atom. The van der Waals surface area contributed by atoms with Crippen LogP contribution in [0.4, 0.5) is 4.39 Å². The first-order valence-corrected chi connectivity index (χ1v) is 10.7. The average molecular weight is 431 g/mol. The number of methoxy groups -OCH3 is 1. The van der Waals surface area contributed by atoms with Gasteiger partial charge in [-0.15, -0.1) is 11.3 Å². The van der Waals surface area contributed by atoms with Crippen molar-refractivity contribution in [2.75, 3.05) is 33.3 Å². The average Bonchev–Trinajstić information content (AvgIpc) is 3.45. The van der Waals surface area contributed by atoms with Crippen LogP contribution in [-0.2, 0) is 17.8 Å². The second-order valence-corrected chi connectivity index (χ2v) is 8.06. The fourth-order valence-corrected chi connectivity index (χ4v) is 4.11. The third-order valence-corrected chi connectivity index (χ3v) is 5.98. The molecule has 30 heavy (non-hydrogen) atoms. The number of halogens is 1. The third kappa shape index (κ3) is 4.85. The summed E-state index contributed by atoms with van der Waals surface area (Å²) in [6.45, 7) is 3.46. The predicted molar refractivity (Wildman–Crippen MR) is 111 cm³/mol. The number of aromatic nitrogens is 2. The van der Waals surface area contributed by atoms with Crippen LogP contribution >= 0.6 is 11.3 Å². The van der Waals surface area contributed by atoms with E-state index in [1.54, 1.807) is 17.4 Å². The number of hydrogen-bond acceptors (Lipinski definition) is 7. The normalized spacial score (nSPS) is 14.8. The van der Waals surface area contributed by atoms with E-state index in [9.17, 15) is 9.18 Å². The Bertz CT molecular complexity index is 984. The van der Waals surface area contributed by atoms with Gasteiger partial charge in [-0.05, 0) is 29.1 Å². The molecule has 9 heteroatoms. The monoisotopic (exact) mass is 430 g/mol. The highest BCUT2D eigenvalue weighted by molar-refractivity contribution is 7.13. The molecule has 0 atom stereocenters. The minimum Gasteiger partial charge on any atom is -0.494 e. The molecule has 1 saturated heterocycles. The van der Waals surface area contributed by atoms with Gasteiger partial charge in [0.05, 0.1) is 12.0 Å². The summed E-state index contributed by atoms with van der Waals surface area (Å²) in [7, 11) is 1.45. The lowest BCUT2D eigenvalue weighted by atomic mass is 10.1. The predicted octanol–water partition coefficient (Wildman–Crippen LogP) is 3.22. The number of piperazine rings is 1. The van der Waals surface area contributed by atoms with Crippen molar-refractivity contribution in [3.63, 3.8) is 0 Å². The van der Waals surface area contributed by atoms with E-state index in [1.165, 1.54) is 13.2 Å². The van der Waals surface area contributed by atoms with Crippen LogP contribution in [0.3, 0.4) is 0 Å². The molecule has 0 saturated carbocycles. The van der Waals surface area contributed by atoms with E-state index in [1.807, 2.05) is 28.5 Å². The van der Waals surface area contributed by atoms with Gasteiger partial charge in [-0.3, -0.25) is 9.69 Å². The van der Waals surface area contributed by atoms with Crippen molar-refractivity contribution in [3.05, 3.63) is 53.0 Å². The van der Waals surface area contributed by atoms with Crippen LogP contribution in [0, 0.1) is 5.82 Å². The van der Waals surface area contributed by atoms with Crippen molar-refractivity contribution in [2.24, 2.45) is 0 Å². The fraction of sp³-hybridized carbons (Fsp3) is 0.381. The second-order valence-electron chi connectivity index (χ2n) is 7.11. The van der Waals surface area contributed by atoms with Crippen LogP contribution in [0.25, 0.3) is 10.7 Å². The Labute approximate surface area is 178 Å². The molecule has 0 N–H and O–H groups in total. The number of nitrogens with zero attached hydrogens (tertiary/aromatic N) is 4. The maximum Gasteiger partial charge on any atom is 0.227 e. The Kier molecular flexibility index (Phi) is 6.39. The highest BCUT2D eigenvalue weighted by Crippen LogP contribution is 2.22. The number of amides is 1. The van der Waals surface area contributed by atoms with Gasteiger partial charge in [0, 0.05) is 45.6 Å². The number of ether oxygens (including phenoxy) is 1. The molecular formula is C21H23FN4O3S. The summed E-state index contributed by atoms with van der Waals surface area (Å²) in [6.07, 6.45) is 0.776. The van der Waals surface area contributed by atoms with Gasteiger partial charge < -0.3 is 14.2 Å². The van der Waals surface area contributed by atoms with Gasteiger partial charge in [0.2, 0.25) is 17.6 Å². The number of hydrogen-bond donors (Lipinski definition) is 0. The van der Waals surface area contributed by atoms with E-state index < -0.39 is 0 Å². The Balaban J connectivity index is 1.23. The molecule has 3 heterocycles. The molecule has 1 aromatic carbocycles. The van der Waals surface area contributed by atoms with Crippen LogP contribution in [0.5, 0.6) is 5.75 Å². The molecule has 0 radical (unpaired) electrons. The molecule has 3 aromatic rings. The first kappa shape index (κ1) is 20.5. The Morgan fingerprint density at radius 2 is 2.10 bits per heavy atom. The lowest BCUT2D eigenvalue weighted by molar-refractivity contribution is -0.133. The van der Waals surface area contributed by atoms with Gasteiger partial charge >= 0.3 is 0 Å². The number of benzene rings is 1. The molecule has 0 aliphatic carbocycles. The zero-order valence-electron chi connectivity index (χ0n) is 16.7. The number of carbonyl (C=O) groups excluding carboxylic acids is 1.